The van der Waals surface area contributed by atoms with Gasteiger partial charge in [-0.2, -0.15) is 0 Å². The molecule has 0 aromatic carbocycles. The lowest BCUT2D eigenvalue weighted by molar-refractivity contribution is -0.160. The molecule has 0 bridgehead atoms. The number of hydrogen-bond donors (Lipinski definition) is 0. The zero-order valence-corrected chi connectivity index (χ0v) is 37.5. The summed E-state index contributed by atoms with van der Waals surface area (Å²) in [6, 6.07) is -1.06. The molecular formula is C46H71N3O10. The highest BCUT2D eigenvalue weighted by atomic mass is 16.6. The van der Waals surface area contributed by atoms with E-state index in [1.807, 2.05) is 34.6 Å². The molecule has 0 N–H and O–H groups in total. The maximum atomic E-state index is 14.0. The Hall–Kier alpha value is -3.57. The lowest BCUT2D eigenvalue weighted by Crippen LogP contribution is -2.50. The average Bonchev–Trinajstić information content (AvgIpc) is 3.95. The van der Waals surface area contributed by atoms with Crippen LogP contribution in [0.1, 0.15) is 153 Å². The maximum Gasteiger partial charge on any atom is 0.307 e. The van der Waals surface area contributed by atoms with Crippen LogP contribution in [0.5, 0.6) is 0 Å². The SMILES string of the molecule is CC(C)(C)OC(=O)C[C@H]1COCCCCCCC[C@@H](C(=O)C(=O)CC2CC2)CC(=O)[C@@H]2[C@@H]3[C@H](CN2C1=O)C3(C)C.CC1(C)CC(=O)N(C[C@@H](N=C=O)C(C)(C)C)C(=O)C1. The van der Waals surface area contributed by atoms with Crippen molar-refractivity contribution in [2.45, 2.75) is 170 Å². The summed E-state index contributed by atoms with van der Waals surface area (Å²) in [5, 5.41) is 0. The van der Waals surface area contributed by atoms with Crippen molar-refractivity contribution in [3.05, 3.63) is 0 Å². The first-order valence-corrected chi connectivity index (χ1v) is 22.0. The van der Waals surface area contributed by atoms with Gasteiger partial charge < -0.3 is 14.4 Å². The fraction of sp³-hybridized carbons (Fsp3) is 0.826. The van der Waals surface area contributed by atoms with E-state index >= 15 is 0 Å². The summed E-state index contributed by atoms with van der Waals surface area (Å²) >= 11 is 0. The van der Waals surface area contributed by atoms with Crippen molar-refractivity contribution >= 4 is 47.1 Å². The number of nitrogens with zero attached hydrogens (tertiary/aromatic N) is 3. The number of carbonyl (C=O) groups is 7. The molecule has 3 aliphatic heterocycles. The normalized spacial score (nSPS) is 28.3. The Bertz CT molecular complexity index is 1620. The maximum absolute atomic E-state index is 14.0. The molecule has 3 amide bonds. The van der Waals surface area contributed by atoms with E-state index in [4.69, 9.17) is 9.47 Å². The van der Waals surface area contributed by atoms with E-state index < -0.39 is 41.3 Å². The molecule has 0 aromatic heterocycles. The third-order valence-electron chi connectivity index (χ3n) is 12.9. The summed E-state index contributed by atoms with van der Waals surface area (Å²) < 4.78 is 11.4. The number of esters is 1. The molecule has 5 rings (SSSR count). The second-order valence-electron chi connectivity index (χ2n) is 21.3. The first-order chi connectivity index (χ1) is 27.4. The van der Waals surface area contributed by atoms with Crippen LogP contribution >= 0.6 is 0 Å². The summed E-state index contributed by atoms with van der Waals surface area (Å²) in [5.74, 6) is -2.79. The van der Waals surface area contributed by atoms with Gasteiger partial charge >= 0.3 is 5.97 Å². The van der Waals surface area contributed by atoms with Gasteiger partial charge in [0, 0.05) is 44.8 Å². The summed E-state index contributed by atoms with van der Waals surface area (Å²) in [5.41, 5.74) is -1.33. The molecular weight excluding hydrogens is 755 g/mol. The lowest BCUT2D eigenvalue weighted by Gasteiger charge is -2.37. The number of likely N-dealkylation sites (tertiary alicyclic amines) is 1. The quantitative estimate of drug-likeness (QED) is 0.0809. The largest absolute Gasteiger partial charge is 0.460 e. The number of isocyanates is 1. The van der Waals surface area contributed by atoms with Crippen LogP contribution in [-0.4, -0.2) is 101 Å². The van der Waals surface area contributed by atoms with Crippen molar-refractivity contribution in [2.24, 2.45) is 50.8 Å². The second kappa shape index (κ2) is 19.4. The molecule has 330 valence electrons. The monoisotopic (exact) mass is 826 g/mol. The minimum Gasteiger partial charge on any atom is -0.460 e. The molecule has 13 nitrogen and oxygen atoms in total. The fourth-order valence-corrected chi connectivity index (χ4v) is 9.03. The number of hydrogen-bond acceptors (Lipinski definition) is 11. The Morgan fingerprint density at radius 3 is 2.07 bits per heavy atom. The number of piperidine rings is 2. The number of ether oxygens (including phenoxy) is 2. The summed E-state index contributed by atoms with van der Waals surface area (Å²) in [4.78, 5) is 108. The number of ketones is 3. The molecule has 0 aromatic rings. The van der Waals surface area contributed by atoms with Gasteiger partial charge in [0.2, 0.25) is 29.6 Å². The standard InChI is InChI=1S/C32H49NO7.C14H22N2O3/c1-31(2,3)40-26(36)17-22-19-39-14-10-8-6-7-9-11-21(29(37)25(35)15-20-12-13-20)16-24(34)28-27-23(32(27,4)5)18-33(28)30(22)38;1-13(2,3)10(15-9-17)8-16-11(18)6-14(4,5)7-12(16)19/h20-23,27-28H,6-19H2,1-5H3;10H,6-8H2,1-5H3/t21-,22+,23+,27+,28-;10-/m11/s1. The highest BCUT2D eigenvalue weighted by Crippen LogP contribution is 2.65. The van der Waals surface area contributed by atoms with Crippen molar-refractivity contribution in [1.29, 1.82) is 0 Å². The van der Waals surface area contributed by atoms with E-state index in [1.165, 1.54) is 11.0 Å². The van der Waals surface area contributed by atoms with Crippen molar-refractivity contribution in [1.82, 2.24) is 9.80 Å². The predicted octanol–water partition coefficient (Wildman–Crippen LogP) is 6.61. The third kappa shape index (κ3) is 13.5. The number of Topliss-reactive ketones (excluding diaryl/α,β-unsaturated/α-hetero) is 3. The molecule has 6 atom stereocenters. The smallest absolute Gasteiger partial charge is 0.307 e. The molecule has 13 heteroatoms. The molecule has 59 heavy (non-hydrogen) atoms. The number of rotatable bonds is 9. The summed E-state index contributed by atoms with van der Waals surface area (Å²) in [7, 11) is 0. The van der Waals surface area contributed by atoms with Crippen LogP contribution in [0, 0.1) is 45.8 Å². The van der Waals surface area contributed by atoms with E-state index in [-0.39, 0.29) is 83.4 Å². The van der Waals surface area contributed by atoms with E-state index in [2.05, 4.69) is 18.8 Å². The van der Waals surface area contributed by atoms with Gasteiger partial charge in [-0.25, -0.2) is 9.79 Å². The molecule has 2 saturated carbocycles. The van der Waals surface area contributed by atoms with Crippen molar-refractivity contribution in [3.8, 4) is 0 Å². The summed E-state index contributed by atoms with van der Waals surface area (Å²) in [6.45, 7) is 20.4. The third-order valence-corrected chi connectivity index (χ3v) is 12.9. The van der Waals surface area contributed by atoms with Crippen molar-refractivity contribution < 1.29 is 47.8 Å². The van der Waals surface area contributed by atoms with Crippen LogP contribution in [0.3, 0.4) is 0 Å². The Kier molecular flexibility index (Phi) is 15.8. The lowest BCUT2D eigenvalue weighted by atomic mass is 9.80. The van der Waals surface area contributed by atoms with Gasteiger partial charge in [0.25, 0.3) is 0 Å². The first-order valence-electron chi connectivity index (χ1n) is 22.0. The molecule has 0 spiro atoms. The fourth-order valence-electron chi connectivity index (χ4n) is 9.03. The van der Waals surface area contributed by atoms with Crippen LogP contribution in [0.2, 0.25) is 0 Å². The van der Waals surface area contributed by atoms with E-state index in [0.717, 1.165) is 44.9 Å². The van der Waals surface area contributed by atoms with Crippen LogP contribution in [0.25, 0.3) is 0 Å². The molecule has 3 saturated heterocycles. The first kappa shape index (κ1) is 48.1. The van der Waals surface area contributed by atoms with Gasteiger partial charge in [0.15, 0.2) is 11.6 Å². The number of carbonyl (C=O) groups excluding carboxylic acids is 8. The van der Waals surface area contributed by atoms with Gasteiger partial charge in [-0.15, -0.1) is 0 Å². The van der Waals surface area contributed by atoms with Gasteiger partial charge in [0.05, 0.1) is 37.6 Å². The van der Waals surface area contributed by atoms with E-state index in [9.17, 15) is 38.4 Å². The Balaban J connectivity index is 0.000000340. The van der Waals surface area contributed by atoms with Gasteiger partial charge in [-0.05, 0) is 80.5 Å². The number of amides is 3. The van der Waals surface area contributed by atoms with E-state index in [1.54, 1.807) is 25.7 Å². The molecule has 0 radical (unpaired) electrons. The van der Waals surface area contributed by atoms with Crippen LogP contribution in [-0.2, 0) is 47.8 Å². The predicted molar refractivity (Wildman–Crippen MR) is 220 cm³/mol. The second-order valence-corrected chi connectivity index (χ2v) is 21.3. The molecule has 2 aliphatic carbocycles. The highest BCUT2D eigenvalue weighted by molar-refractivity contribution is 6.38. The molecule has 0 unspecified atom stereocenters. The number of aliphatic imine (C=N–C) groups is 1. The number of imide groups is 1. The van der Waals surface area contributed by atoms with Crippen LogP contribution in [0.15, 0.2) is 4.99 Å². The summed E-state index contributed by atoms with van der Waals surface area (Å²) in [6.07, 6.45) is 9.43. The zero-order chi connectivity index (χ0) is 44.1. The number of fused-ring (bicyclic) bond motifs is 3. The van der Waals surface area contributed by atoms with Crippen molar-refractivity contribution in [3.63, 3.8) is 0 Å². The highest BCUT2D eigenvalue weighted by Gasteiger charge is 2.69. The minimum absolute atomic E-state index is 0.00375. The van der Waals surface area contributed by atoms with E-state index in [0.29, 0.717) is 44.8 Å². The minimum atomic E-state index is -0.740. The van der Waals surface area contributed by atoms with Crippen LogP contribution < -0.4 is 0 Å². The van der Waals surface area contributed by atoms with Gasteiger partial charge in [0.1, 0.15) is 5.60 Å². The molecule has 3 heterocycles. The molecule has 5 aliphatic rings. The van der Waals surface area contributed by atoms with Crippen molar-refractivity contribution in [2.75, 3.05) is 26.3 Å². The van der Waals surface area contributed by atoms with Gasteiger partial charge in [-0.1, -0.05) is 74.1 Å². The average molecular weight is 826 g/mol. The Morgan fingerprint density at radius 1 is 0.881 bits per heavy atom. The topological polar surface area (TPSA) is 174 Å². The Labute approximate surface area is 351 Å². The molecule has 5 fully saturated rings. The van der Waals surface area contributed by atoms with Gasteiger partial charge in [-0.3, -0.25) is 38.5 Å². The van der Waals surface area contributed by atoms with Crippen LogP contribution in [0.4, 0.5) is 0 Å². The zero-order valence-electron chi connectivity index (χ0n) is 37.5. The Morgan fingerprint density at radius 2 is 1.49 bits per heavy atom.